The van der Waals surface area contributed by atoms with Crippen LogP contribution in [0.5, 0.6) is 5.75 Å². The predicted octanol–water partition coefficient (Wildman–Crippen LogP) is 4.27. The summed E-state index contributed by atoms with van der Waals surface area (Å²) in [6.07, 6.45) is -0.273. The van der Waals surface area contributed by atoms with E-state index in [4.69, 9.17) is 4.74 Å². The molecule has 0 aliphatic heterocycles. The highest BCUT2D eigenvalue weighted by Crippen LogP contribution is 2.31. The number of carboxylic acids is 1. The summed E-state index contributed by atoms with van der Waals surface area (Å²) in [5, 5.41) is 22.2. The van der Waals surface area contributed by atoms with E-state index in [1.54, 1.807) is 32.9 Å². The summed E-state index contributed by atoms with van der Waals surface area (Å²) in [7, 11) is 0. The van der Waals surface area contributed by atoms with E-state index in [2.05, 4.69) is 21.2 Å². The third kappa shape index (κ3) is 6.56. The van der Waals surface area contributed by atoms with Gasteiger partial charge in [0.05, 0.1) is 4.47 Å². The van der Waals surface area contributed by atoms with E-state index >= 15 is 0 Å². The predicted molar refractivity (Wildman–Crippen MR) is 110 cm³/mol. The van der Waals surface area contributed by atoms with Crippen LogP contribution in [0.25, 0.3) is 0 Å². The molecular weight excluding hydrogens is 426 g/mol. The lowest BCUT2D eigenvalue weighted by molar-refractivity contribution is -0.139. The molecule has 0 aromatic heterocycles. The van der Waals surface area contributed by atoms with Crippen LogP contribution in [0, 0.1) is 0 Å². The maximum Gasteiger partial charge on any atom is 0.408 e. The molecule has 0 aliphatic carbocycles. The molecule has 1 amide bonds. The minimum Gasteiger partial charge on any atom is -0.506 e. The van der Waals surface area contributed by atoms with Crippen LogP contribution in [0.1, 0.15) is 37.5 Å². The summed E-state index contributed by atoms with van der Waals surface area (Å²) in [4.78, 5) is 23.6. The van der Waals surface area contributed by atoms with Crippen LogP contribution in [0.15, 0.2) is 46.9 Å². The fourth-order valence-electron chi connectivity index (χ4n) is 2.68. The van der Waals surface area contributed by atoms with Gasteiger partial charge in [-0.3, -0.25) is 0 Å². The average Bonchev–Trinajstić information content (AvgIpc) is 2.57. The largest absolute Gasteiger partial charge is 0.506 e. The lowest BCUT2D eigenvalue weighted by Crippen LogP contribution is -2.44. The van der Waals surface area contributed by atoms with Gasteiger partial charge < -0.3 is 20.3 Å². The van der Waals surface area contributed by atoms with Crippen molar-refractivity contribution in [3.63, 3.8) is 0 Å². The number of nitrogens with one attached hydrogen (secondary N) is 1. The van der Waals surface area contributed by atoms with Gasteiger partial charge in [-0.1, -0.05) is 36.4 Å². The van der Waals surface area contributed by atoms with E-state index in [1.165, 1.54) is 0 Å². The number of aromatic hydroxyl groups is 1. The second-order valence-electron chi connectivity index (χ2n) is 7.49. The maximum absolute atomic E-state index is 12.0. The van der Waals surface area contributed by atoms with Gasteiger partial charge in [0.25, 0.3) is 0 Å². The Labute approximate surface area is 172 Å². The number of hydrogen-bond donors (Lipinski definition) is 3. The van der Waals surface area contributed by atoms with Crippen LogP contribution in [-0.4, -0.2) is 33.9 Å². The van der Waals surface area contributed by atoms with Crippen LogP contribution < -0.4 is 5.32 Å². The molecule has 0 saturated carbocycles. The van der Waals surface area contributed by atoms with Crippen LogP contribution in [-0.2, 0) is 22.4 Å². The molecule has 0 fully saturated rings. The molecule has 7 heteroatoms. The van der Waals surface area contributed by atoms with Gasteiger partial charge in [0.15, 0.2) is 0 Å². The molecule has 0 saturated heterocycles. The van der Waals surface area contributed by atoms with Crippen molar-refractivity contribution in [3.05, 3.63) is 63.6 Å². The Hall–Kier alpha value is -2.54. The number of benzene rings is 2. The third-order valence-corrected chi connectivity index (χ3v) is 4.47. The van der Waals surface area contributed by atoms with Crippen molar-refractivity contribution in [1.82, 2.24) is 5.32 Å². The normalized spacial score (nSPS) is 12.3. The molecular formula is C21H24BrNO5. The number of halogens is 1. The number of hydrogen-bond acceptors (Lipinski definition) is 4. The first-order chi connectivity index (χ1) is 13.0. The number of amides is 1. The molecule has 1 atom stereocenters. The van der Waals surface area contributed by atoms with Crippen molar-refractivity contribution in [3.8, 4) is 5.75 Å². The Kier molecular flexibility index (Phi) is 7.07. The Morgan fingerprint density at radius 2 is 1.79 bits per heavy atom. The van der Waals surface area contributed by atoms with Crippen molar-refractivity contribution in [2.24, 2.45) is 0 Å². The number of phenols is 1. The molecule has 3 N–H and O–H groups in total. The second kappa shape index (κ2) is 9.10. The molecule has 28 heavy (non-hydrogen) atoms. The second-order valence-corrected chi connectivity index (χ2v) is 8.34. The first-order valence-corrected chi connectivity index (χ1v) is 9.61. The first kappa shape index (κ1) is 21.8. The molecule has 2 aromatic rings. The van der Waals surface area contributed by atoms with E-state index in [1.807, 2.05) is 30.3 Å². The fraction of sp³-hybridized carbons (Fsp3) is 0.333. The average molecular weight is 450 g/mol. The molecule has 2 rings (SSSR count). The molecule has 0 bridgehead atoms. The highest BCUT2D eigenvalue weighted by Gasteiger charge is 2.25. The van der Waals surface area contributed by atoms with Crippen LogP contribution >= 0.6 is 15.9 Å². The number of phenolic OH excluding ortho intramolecular Hbond substituents is 1. The number of carbonyl (C=O) groups is 2. The van der Waals surface area contributed by atoms with E-state index in [9.17, 15) is 19.8 Å². The van der Waals surface area contributed by atoms with Gasteiger partial charge in [0, 0.05) is 6.42 Å². The lowest BCUT2D eigenvalue weighted by atomic mass is 9.98. The maximum atomic E-state index is 12.0. The first-order valence-electron chi connectivity index (χ1n) is 8.81. The Morgan fingerprint density at radius 3 is 2.36 bits per heavy atom. The number of alkyl carbamates (subject to hydrolysis) is 1. The number of ether oxygens (including phenoxy) is 1. The summed E-state index contributed by atoms with van der Waals surface area (Å²) in [5.74, 6) is -1.26. The van der Waals surface area contributed by atoms with Crippen molar-refractivity contribution in [2.45, 2.75) is 45.3 Å². The van der Waals surface area contributed by atoms with E-state index in [0.717, 1.165) is 11.1 Å². The molecule has 0 heterocycles. The van der Waals surface area contributed by atoms with E-state index in [-0.39, 0.29) is 12.2 Å². The molecule has 0 spiro atoms. The summed E-state index contributed by atoms with van der Waals surface area (Å²) in [6.45, 7) is 5.08. The van der Waals surface area contributed by atoms with Crippen molar-refractivity contribution >= 4 is 28.0 Å². The highest BCUT2D eigenvalue weighted by molar-refractivity contribution is 9.10. The van der Waals surface area contributed by atoms with Gasteiger partial charge >= 0.3 is 12.1 Å². The Balaban J connectivity index is 2.21. The topological polar surface area (TPSA) is 95.9 Å². The highest BCUT2D eigenvalue weighted by atomic mass is 79.9. The quantitative estimate of drug-likeness (QED) is 0.611. The van der Waals surface area contributed by atoms with Gasteiger partial charge in [-0.05, 0) is 65.9 Å². The SMILES string of the molecule is CC(C)(C)OC(=O)NC(Cc1cc(Cc2ccccc2)cc(Br)c1O)C(=O)O. The zero-order chi connectivity index (χ0) is 20.9. The molecule has 0 aliphatic rings. The fourth-order valence-corrected chi connectivity index (χ4v) is 3.23. The van der Waals surface area contributed by atoms with Crippen molar-refractivity contribution in [2.75, 3.05) is 0 Å². The van der Waals surface area contributed by atoms with Crippen LogP contribution in [0.4, 0.5) is 4.79 Å². The smallest absolute Gasteiger partial charge is 0.408 e. The molecule has 0 radical (unpaired) electrons. The number of carboxylic acid groups (broad SMARTS) is 1. The summed E-state index contributed by atoms with van der Waals surface area (Å²) >= 11 is 3.32. The molecule has 2 aromatic carbocycles. The van der Waals surface area contributed by atoms with Crippen LogP contribution in [0.3, 0.4) is 0 Å². The molecule has 1 unspecified atom stereocenters. The minimum absolute atomic E-state index is 0.0472. The third-order valence-electron chi connectivity index (χ3n) is 3.87. The summed E-state index contributed by atoms with van der Waals surface area (Å²) < 4.78 is 5.60. The molecule has 150 valence electrons. The number of aliphatic carboxylic acids is 1. The lowest BCUT2D eigenvalue weighted by Gasteiger charge is -2.22. The van der Waals surface area contributed by atoms with Crippen molar-refractivity contribution in [1.29, 1.82) is 0 Å². The van der Waals surface area contributed by atoms with Gasteiger partial charge in [-0.15, -0.1) is 0 Å². The Bertz CT molecular complexity index is 846. The van der Waals surface area contributed by atoms with E-state index in [0.29, 0.717) is 16.5 Å². The minimum atomic E-state index is -1.24. The van der Waals surface area contributed by atoms with Gasteiger partial charge in [0.2, 0.25) is 0 Å². The monoisotopic (exact) mass is 449 g/mol. The van der Waals surface area contributed by atoms with Gasteiger partial charge in [-0.25, -0.2) is 9.59 Å². The van der Waals surface area contributed by atoms with Gasteiger partial charge in [0.1, 0.15) is 17.4 Å². The Morgan fingerprint density at radius 1 is 1.14 bits per heavy atom. The summed E-state index contributed by atoms with van der Waals surface area (Å²) in [5.41, 5.74) is 1.68. The number of carbonyl (C=O) groups excluding carboxylic acids is 1. The zero-order valence-electron chi connectivity index (χ0n) is 16.0. The molecule has 6 nitrogen and oxygen atoms in total. The van der Waals surface area contributed by atoms with Crippen LogP contribution in [0.2, 0.25) is 0 Å². The number of rotatable bonds is 6. The summed E-state index contributed by atoms with van der Waals surface area (Å²) in [6, 6.07) is 12.1. The zero-order valence-corrected chi connectivity index (χ0v) is 17.6. The van der Waals surface area contributed by atoms with Crippen molar-refractivity contribution < 1.29 is 24.5 Å². The van der Waals surface area contributed by atoms with E-state index < -0.39 is 23.7 Å². The standard InChI is InChI=1S/C21H24BrNO5/c1-21(2,3)28-20(27)23-17(19(25)26)12-15-10-14(11-16(22)18(15)24)9-13-7-5-4-6-8-13/h4-8,10-11,17,24H,9,12H2,1-3H3,(H,23,27)(H,25,26). The van der Waals surface area contributed by atoms with Gasteiger partial charge in [-0.2, -0.15) is 0 Å².